The van der Waals surface area contributed by atoms with Gasteiger partial charge in [-0.25, -0.2) is 0 Å². The highest BCUT2D eigenvalue weighted by Gasteiger charge is 2.50. The molecule has 0 saturated carbocycles. The molecule has 0 spiro atoms. The zero-order chi connectivity index (χ0) is 18.4. The molecule has 3 aromatic carbocycles. The molecule has 0 aliphatic heterocycles. The van der Waals surface area contributed by atoms with Crippen LogP contribution in [0, 0.1) is 0 Å². The minimum atomic E-state index is -1.54. The SMILES string of the molecule is CCOC(=O)C(C(=O)c1ccccc1)(c1ccccc1)c1ccccc1. The van der Waals surface area contributed by atoms with Crippen molar-refractivity contribution < 1.29 is 14.3 Å². The molecule has 0 aliphatic rings. The number of carbonyl (C=O) groups is 2. The first-order chi connectivity index (χ1) is 12.7. The van der Waals surface area contributed by atoms with E-state index in [0.717, 1.165) is 0 Å². The number of rotatable bonds is 6. The predicted molar refractivity (Wildman–Crippen MR) is 101 cm³/mol. The highest BCUT2D eigenvalue weighted by Crippen LogP contribution is 2.37. The van der Waals surface area contributed by atoms with Crippen molar-refractivity contribution >= 4 is 11.8 Å². The van der Waals surface area contributed by atoms with Gasteiger partial charge in [0.1, 0.15) is 0 Å². The molecule has 3 aromatic rings. The average molecular weight is 344 g/mol. The van der Waals surface area contributed by atoms with Crippen LogP contribution in [-0.4, -0.2) is 18.4 Å². The third-order valence-corrected chi connectivity index (χ3v) is 4.37. The summed E-state index contributed by atoms with van der Waals surface area (Å²) in [5.41, 5.74) is 0.116. The van der Waals surface area contributed by atoms with Crippen LogP contribution in [0.4, 0.5) is 0 Å². The van der Waals surface area contributed by atoms with Crippen LogP contribution >= 0.6 is 0 Å². The second-order valence-corrected chi connectivity index (χ2v) is 5.90. The van der Waals surface area contributed by atoms with Gasteiger partial charge in [0.15, 0.2) is 11.2 Å². The molecule has 0 radical (unpaired) electrons. The van der Waals surface area contributed by atoms with Gasteiger partial charge < -0.3 is 4.74 Å². The Hall–Kier alpha value is -3.20. The molecule has 3 nitrogen and oxygen atoms in total. The maximum Gasteiger partial charge on any atom is 0.329 e. The third-order valence-electron chi connectivity index (χ3n) is 4.37. The van der Waals surface area contributed by atoms with E-state index in [-0.39, 0.29) is 12.4 Å². The summed E-state index contributed by atoms with van der Waals surface area (Å²) in [4.78, 5) is 26.9. The van der Waals surface area contributed by atoms with Crippen LogP contribution < -0.4 is 0 Å². The predicted octanol–water partition coefficient (Wildman–Crippen LogP) is 4.42. The highest BCUT2D eigenvalue weighted by molar-refractivity contribution is 6.20. The molecule has 0 atom stereocenters. The Labute approximate surface area is 153 Å². The van der Waals surface area contributed by atoms with Crippen molar-refractivity contribution in [3.05, 3.63) is 108 Å². The normalized spacial score (nSPS) is 11.0. The van der Waals surface area contributed by atoms with E-state index in [1.165, 1.54) is 0 Å². The van der Waals surface area contributed by atoms with E-state index in [0.29, 0.717) is 16.7 Å². The van der Waals surface area contributed by atoms with Gasteiger partial charge in [-0.3, -0.25) is 9.59 Å². The van der Waals surface area contributed by atoms with Gasteiger partial charge in [0.05, 0.1) is 6.61 Å². The Morgan fingerprint density at radius 1 is 0.731 bits per heavy atom. The van der Waals surface area contributed by atoms with E-state index in [1.807, 2.05) is 42.5 Å². The molecular weight excluding hydrogens is 324 g/mol. The van der Waals surface area contributed by atoms with Gasteiger partial charge in [0, 0.05) is 5.56 Å². The molecular formula is C23H20O3. The van der Waals surface area contributed by atoms with Crippen molar-refractivity contribution in [2.24, 2.45) is 0 Å². The summed E-state index contributed by atoms with van der Waals surface area (Å²) in [5.74, 6) is -0.861. The monoisotopic (exact) mass is 344 g/mol. The van der Waals surface area contributed by atoms with E-state index in [4.69, 9.17) is 4.74 Å². The molecule has 0 aliphatic carbocycles. The van der Waals surface area contributed by atoms with Crippen molar-refractivity contribution in [2.45, 2.75) is 12.3 Å². The summed E-state index contributed by atoms with van der Waals surface area (Å²) in [6.45, 7) is 1.94. The summed E-state index contributed by atoms with van der Waals surface area (Å²) in [7, 11) is 0. The minimum Gasteiger partial charge on any atom is -0.465 e. The molecule has 0 aromatic heterocycles. The third kappa shape index (κ3) is 3.04. The van der Waals surface area contributed by atoms with Crippen LogP contribution in [0.25, 0.3) is 0 Å². The second kappa shape index (κ2) is 7.79. The zero-order valence-electron chi connectivity index (χ0n) is 14.6. The smallest absolute Gasteiger partial charge is 0.329 e. The summed E-state index contributed by atoms with van der Waals surface area (Å²) in [6, 6.07) is 27.1. The van der Waals surface area contributed by atoms with Crippen molar-refractivity contribution in [2.75, 3.05) is 6.61 Å². The van der Waals surface area contributed by atoms with Crippen LogP contribution in [-0.2, 0) is 14.9 Å². The van der Waals surface area contributed by atoms with Crippen molar-refractivity contribution in [1.29, 1.82) is 0 Å². The lowest BCUT2D eigenvalue weighted by atomic mass is 9.69. The van der Waals surface area contributed by atoms with Gasteiger partial charge in [-0.15, -0.1) is 0 Å². The Balaban J connectivity index is 2.32. The molecule has 0 unspecified atom stereocenters. The minimum absolute atomic E-state index is 0.197. The lowest BCUT2D eigenvalue weighted by molar-refractivity contribution is -0.146. The molecule has 130 valence electrons. The molecule has 0 saturated heterocycles. The fourth-order valence-corrected chi connectivity index (χ4v) is 3.18. The van der Waals surface area contributed by atoms with Crippen LogP contribution in [0.2, 0.25) is 0 Å². The lowest BCUT2D eigenvalue weighted by Crippen LogP contribution is -2.46. The number of ketones is 1. The zero-order valence-corrected chi connectivity index (χ0v) is 14.6. The standard InChI is InChI=1S/C23H20O3/c1-2-26-22(25)23(19-14-8-4-9-15-19,20-16-10-5-11-17-20)21(24)18-12-6-3-7-13-18/h3-17H,2H2,1H3. The highest BCUT2D eigenvalue weighted by atomic mass is 16.5. The maximum atomic E-state index is 13.7. The average Bonchev–Trinajstić information content (AvgIpc) is 2.71. The Bertz CT molecular complexity index is 832. The number of hydrogen-bond donors (Lipinski definition) is 0. The molecule has 0 bridgehead atoms. The van der Waals surface area contributed by atoms with Crippen LogP contribution in [0.1, 0.15) is 28.4 Å². The molecule has 0 N–H and O–H groups in total. The van der Waals surface area contributed by atoms with Gasteiger partial charge in [0.2, 0.25) is 0 Å². The van der Waals surface area contributed by atoms with E-state index in [9.17, 15) is 9.59 Å². The van der Waals surface area contributed by atoms with E-state index in [2.05, 4.69) is 0 Å². The number of esters is 1. The van der Waals surface area contributed by atoms with Crippen LogP contribution in [0.3, 0.4) is 0 Å². The van der Waals surface area contributed by atoms with Gasteiger partial charge in [-0.2, -0.15) is 0 Å². The number of hydrogen-bond acceptors (Lipinski definition) is 3. The molecule has 0 heterocycles. The Kier molecular flexibility index (Phi) is 5.28. The largest absolute Gasteiger partial charge is 0.465 e. The van der Waals surface area contributed by atoms with Gasteiger partial charge in [-0.1, -0.05) is 91.0 Å². The van der Waals surface area contributed by atoms with Crippen molar-refractivity contribution in [3.63, 3.8) is 0 Å². The van der Waals surface area contributed by atoms with E-state index >= 15 is 0 Å². The number of ether oxygens (including phenoxy) is 1. The molecule has 0 amide bonds. The number of benzene rings is 3. The summed E-state index contributed by atoms with van der Waals surface area (Å²) < 4.78 is 5.40. The molecule has 3 heteroatoms. The fraction of sp³-hybridized carbons (Fsp3) is 0.130. The summed E-state index contributed by atoms with van der Waals surface area (Å²) in [5, 5.41) is 0. The Morgan fingerprint density at radius 2 is 1.15 bits per heavy atom. The van der Waals surface area contributed by atoms with Crippen LogP contribution in [0.15, 0.2) is 91.0 Å². The first-order valence-electron chi connectivity index (χ1n) is 8.59. The fourth-order valence-electron chi connectivity index (χ4n) is 3.18. The second-order valence-electron chi connectivity index (χ2n) is 5.90. The number of carbonyl (C=O) groups excluding carboxylic acids is 2. The Morgan fingerprint density at radius 3 is 1.58 bits per heavy atom. The summed E-state index contributed by atoms with van der Waals surface area (Å²) in [6.07, 6.45) is 0. The van der Waals surface area contributed by atoms with E-state index in [1.54, 1.807) is 55.5 Å². The van der Waals surface area contributed by atoms with Gasteiger partial charge in [-0.05, 0) is 18.1 Å². The lowest BCUT2D eigenvalue weighted by Gasteiger charge is -2.31. The van der Waals surface area contributed by atoms with Crippen molar-refractivity contribution in [1.82, 2.24) is 0 Å². The number of Topliss-reactive ketones (excluding diaryl/α,β-unsaturated/α-hetero) is 1. The molecule has 0 fully saturated rings. The first kappa shape index (κ1) is 17.6. The van der Waals surface area contributed by atoms with E-state index < -0.39 is 11.4 Å². The molecule has 26 heavy (non-hydrogen) atoms. The van der Waals surface area contributed by atoms with Gasteiger partial charge >= 0.3 is 5.97 Å². The quantitative estimate of drug-likeness (QED) is 0.378. The van der Waals surface area contributed by atoms with Crippen LogP contribution in [0.5, 0.6) is 0 Å². The first-order valence-corrected chi connectivity index (χ1v) is 8.59. The van der Waals surface area contributed by atoms with Crippen molar-refractivity contribution in [3.8, 4) is 0 Å². The topological polar surface area (TPSA) is 43.4 Å². The molecule has 3 rings (SSSR count). The summed E-state index contributed by atoms with van der Waals surface area (Å²) >= 11 is 0. The maximum absolute atomic E-state index is 13.7. The van der Waals surface area contributed by atoms with Gasteiger partial charge in [0.25, 0.3) is 0 Å².